The van der Waals surface area contributed by atoms with Gasteiger partial charge in [-0.05, 0) is 65.0 Å². The number of phenols is 2. The highest BCUT2D eigenvalue weighted by Gasteiger charge is 2.61. The third-order valence-electron chi connectivity index (χ3n) is 6.35. The second kappa shape index (κ2) is 9.36. The van der Waals surface area contributed by atoms with Gasteiger partial charge >= 0.3 is 11.9 Å². The largest absolute Gasteiger partial charge is 0.508 e. The maximum absolute atomic E-state index is 11.7. The second-order valence-electron chi connectivity index (χ2n) is 8.86. The lowest BCUT2D eigenvalue weighted by atomic mass is 9.84. The molecule has 3 aliphatic rings. The standard InChI is InChI=1S/C15H20O3.C10H12O4/c1-9-5-4-8-15(3)13(18-15)12-11(7-6-9)10(2)14(16)17-12;1-3-14-10(13)9-6(2)4-7(11)5-8(9)12/h5,11-13H,2,4,6-8H2,1,3H3;4-5,11-12H,3H2,1-2H3. The lowest BCUT2D eigenvalue weighted by Crippen LogP contribution is -2.28. The molecule has 2 heterocycles. The van der Waals surface area contributed by atoms with Gasteiger partial charge in [0.25, 0.3) is 0 Å². The number of aromatic hydroxyl groups is 2. The molecule has 4 rings (SSSR count). The Balaban J connectivity index is 0.000000188. The third kappa shape index (κ3) is 4.99. The molecule has 0 spiro atoms. The molecule has 1 aromatic carbocycles. The van der Waals surface area contributed by atoms with Gasteiger partial charge in [-0.2, -0.15) is 0 Å². The summed E-state index contributed by atoms with van der Waals surface area (Å²) < 4.78 is 16.1. The van der Waals surface area contributed by atoms with E-state index in [2.05, 4.69) is 26.5 Å². The molecule has 7 nitrogen and oxygen atoms in total. The van der Waals surface area contributed by atoms with Crippen LogP contribution in [0.1, 0.15) is 62.4 Å². The first-order valence-electron chi connectivity index (χ1n) is 11.0. The number of carbonyl (C=O) groups excluding carboxylic acids is 2. The van der Waals surface area contributed by atoms with Gasteiger partial charge in [0.2, 0.25) is 0 Å². The number of hydrogen-bond donors (Lipinski definition) is 2. The SMILES string of the molecule is C=C1C(=O)OC2C1CCC(C)=CCCC1(C)OC21.CCOC(=O)c1c(C)cc(O)cc1O. The fraction of sp³-hybridized carbons (Fsp3) is 0.520. The Morgan fingerprint density at radius 2 is 2.03 bits per heavy atom. The Morgan fingerprint density at radius 3 is 2.69 bits per heavy atom. The molecule has 2 saturated heterocycles. The van der Waals surface area contributed by atoms with Crippen molar-refractivity contribution in [3.05, 3.63) is 47.1 Å². The van der Waals surface area contributed by atoms with E-state index in [-0.39, 0.29) is 53.4 Å². The van der Waals surface area contributed by atoms with Crippen LogP contribution in [0, 0.1) is 12.8 Å². The number of allylic oxidation sites excluding steroid dienone is 2. The van der Waals surface area contributed by atoms with Crippen molar-refractivity contribution >= 4 is 11.9 Å². The van der Waals surface area contributed by atoms with E-state index < -0.39 is 5.97 Å². The minimum absolute atomic E-state index is 0.0671. The van der Waals surface area contributed by atoms with E-state index in [9.17, 15) is 14.7 Å². The zero-order valence-electron chi connectivity index (χ0n) is 19.1. The molecule has 0 aromatic heterocycles. The molecule has 7 heteroatoms. The van der Waals surface area contributed by atoms with Crippen molar-refractivity contribution < 1.29 is 34.0 Å². The first kappa shape index (κ1) is 23.9. The molecule has 0 saturated carbocycles. The van der Waals surface area contributed by atoms with E-state index in [0.29, 0.717) is 11.1 Å². The minimum atomic E-state index is -0.581. The van der Waals surface area contributed by atoms with Crippen molar-refractivity contribution in [3.8, 4) is 11.5 Å². The van der Waals surface area contributed by atoms with E-state index >= 15 is 0 Å². The van der Waals surface area contributed by atoms with E-state index in [1.165, 1.54) is 11.6 Å². The van der Waals surface area contributed by atoms with Crippen molar-refractivity contribution in [2.24, 2.45) is 5.92 Å². The number of aryl methyl sites for hydroxylation is 1. The normalized spacial score (nSPS) is 28.9. The minimum Gasteiger partial charge on any atom is -0.508 e. The molecule has 4 unspecified atom stereocenters. The van der Waals surface area contributed by atoms with E-state index in [1.54, 1.807) is 13.8 Å². The van der Waals surface area contributed by atoms with Crippen molar-refractivity contribution in [3.63, 3.8) is 0 Å². The first-order chi connectivity index (χ1) is 15.1. The number of epoxide rings is 1. The van der Waals surface area contributed by atoms with Crippen molar-refractivity contribution in [2.75, 3.05) is 6.61 Å². The van der Waals surface area contributed by atoms with Crippen LogP contribution in [-0.2, 0) is 19.0 Å². The van der Waals surface area contributed by atoms with E-state index in [0.717, 1.165) is 31.7 Å². The van der Waals surface area contributed by atoms with E-state index in [4.69, 9.17) is 19.3 Å². The van der Waals surface area contributed by atoms with Crippen LogP contribution in [0.15, 0.2) is 35.9 Å². The number of esters is 2. The molecule has 1 aliphatic carbocycles. The van der Waals surface area contributed by atoms with Gasteiger partial charge in [-0.15, -0.1) is 0 Å². The summed E-state index contributed by atoms with van der Waals surface area (Å²) in [4.78, 5) is 23.0. The van der Waals surface area contributed by atoms with Crippen LogP contribution in [0.2, 0.25) is 0 Å². The summed E-state index contributed by atoms with van der Waals surface area (Å²) in [6.45, 7) is 11.7. The molecule has 0 bridgehead atoms. The third-order valence-corrected chi connectivity index (χ3v) is 6.35. The number of benzene rings is 1. The smallest absolute Gasteiger partial charge is 0.342 e. The second-order valence-corrected chi connectivity index (χ2v) is 8.86. The van der Waals surface area contributed by atoms with Crippen LogP contribution in [0.3, 0.4) is 0 Å². The number of rotatable bonds is 2. The Kier molecular flexibility index (Phi) is 6.98. The van der Waals surface area contributed by atoms with Crippen LogP contribution in [0.25, 0.3) is 0 Å². The molecule has 2 fully saturated rings. The Hall–Kier alpha value is -2.80. The van der Waals surface area contributed by atoms with Gasteiger partial charge < -0.3 is 24.4 Å². The average molecular weight is 445 g/mol. The molecule has 2 aliphatic heterocycles. The zero-order chi connectivity index (χ0) is 23.6. The quantitative estimate of drug-likeness (QED) is 0.302. The van der Waals surface area contributed by atoms with Crippen LogP contribution in [-0.4, -0.2) is 46.6 Å². The van der Waals surface area contributed by atoms with Gasteiger partial charge in [0.15, 0.2) is 0 Å². The van der Waals surface area contributed by atoms with Gasteiger partial charge in [-0.3, -0.25) is 0 Å². The van der Waals surface area contributed by atoms with Crippen LogP contribution in [0.4, 0.5) is 0 Å². The highest BCUT2D eigenvalue weighted by atomic mass is 16.6. The topological polar surface area (TPSA) is 106 Å². The molecule has 0 amide bonds. The van der Waals surface area contributed by atoms with Gasteiger partial charge in [-0.1, -0.05) is 18.2 Å². The molecule has 0 radical (unpaired) electrons. The van der Waals surface area contributed by atoms with Gasteiger partial charge in [0, 0.05) is 17.6 Å². The lowest BCUT2D eigenvalue weighted by molar-refractivity contribution is -0.140. The molecule has 1 aromatic rings. The van der Waals surface area contributed by atoms with Crippen molar-refractivity contribution in [1.82, 2.24) is 0 Å². The summed E-state index contributed by atoms with van der Waals surface area (Å²) in [7, 11) is 0. The predicted molar refractivity (Wildman–Crippen MR) is 118 cm³/mol. The number of fused-ring (bicyclic) bond motifs is 3. The number of ether oxygens (including phenoxy) is 3. The molecular weight excluding hydrogens is 412 g/mol. The Labute approximate surface area is 188 Å². The fourth-order valence-electron chi connectivity index (χ4n) is 4.42. The fourth-order valence-corrected chi connectivity index (χ4v) is 4.42. The highest BCUT2D eigenvalue weighted by molar-refractivity contribution is 5.94. The van der Waals surface area contributed by atoms with Crippen LogP contribution < -0.4 is 0 Å². The lowest BCUT2D eigenvalue weighted by Gasteiger charge is -2.19. The Bertz CT molecular complexity index is 925. The van der Waals surface area contributed by atoms with E-state index in [1.807, 2.05) is 0 Å². The van der Waals surface area contributed by atoms with Crippen molar-refractivity contribution in [2.45, 2.75) is 71.2 Å². The molecule has 4 atom stereocenters. The summed E-state index contributed by atoms with van der Waals surface area (Å²) >= 11 is 0. The summed E-state index contributed by atoms with van der Waals surface area (Å²) in [5.74, 6) is -1.02. The summed E-state index contributed by atoms with van der Waals surface area (Å²) in [5, 5.41) is 18.5. The Morgan fingerprint density at radius 1 is 1.31 bits per heavy atom. The van der Waals surface area contributed by atoms with Gasteiger partial charge in [-0.25, -0.2) is 9.59 Å². The number of phenolic OH excluding ortho intramolecular Hbond substituents is 2. The van der Waals surface area contributed by atoms with Gasteiger partial charge in [0.1, 0.15) is 29.3 Å². The molecule has 174 valence electrons. The summed E-state index contributed by atoms with van der Waals surface area (Å²) in [5.41, 5.74) is 2.50. The zero-order valence-corrected chi connectivity index (χ0v) is 19.1. The van der Waals surface area contributed by atoms with Crippen LogP contribution >= 0.6 is 0 Å². The number of hydrogen-bond acceptors (Lipinski definition) is 7. The molecule has 2 N–H and O–H groups in total. The predicted octanol–water partition coefficient (Wildman–Crippen LogP) is 4.34. The summed E-state index contributed by atoms with van der Waals surface area (Å²) in [6.07, 6.45) is 6.25. The number of carbonyl (C=O) groups is 2. The monoisotopic (exact) mass is 444 g/mol. The average Bonchev–Trinajstić information content (AvgIpc) is 3.28. The van der Waals surface area contributed by atoms with Crippen molar-refractivity contribution in [1.29, 1.82) is 0 Å². The maximum atomic E-state index is 11.7. The van der Waals surface area contributed by atoms with Crippen LogP contribution in [0.5, 0.6) is 11.5 Å². The summed E-state index contributed by atoms with van der Waals surface area (Å²) in [6, 6.07) is 2.51. The molecule has 32 heavy (non-hydrogen) atoms. The maximum Gasteiger partial charge on any atom is 0.342 e. The van der Waals surface area contributed by atoms with Gasteiger partial charge in [0.05, 0.1) is 12.2 Å². The highest BCUT2D eigenvalue weighted by Crippen LogP contribution is 2.49. The first-order valence-corrected chi connectivity index (χ1v) is 11.0. The molecular formula is C25H32O7.